The number of carbonyl (C=O) groups is 1. The van der Waals surface area contributed by atoms with Crippen LogP contribution < -0.4 is 0 Å². The molecule has 2 aromatic rings. The Labute approximate surface area is 160 Å². The van der Waals surface area contributed by atoms with Gasteiger partial charge in [0.2, 0.25) is 0 Å². The van der Waals surface area contributed by atoms with E-state index in [2.05, 4.69) is 33.7 Å². The number of carbonyl (C=O) groups excluding carboxylic acids is 1. The molecule has 0 unspecified atom stereocenters. The van der Waals surface area contributed by atoms with Crippen molar-refractivity contribution >= 4 is 11.6 Å². The molecule has 0 N–H and O–H groups in total. The van der Waals surface area contributed by atoms with Gasteiger partial charge in [-0.2, -0.15) is 5.10 Å². The first-order valence-corrected chi connectivity index (χ1v) is 10.3. The average molecular weight is 371 g/mol. The molecule has 2 aromatic heterocycles. The van der Waals surface area contributed by atoms with E-state index >= 15 is 0 Å². The number of piperidine rings is 1. The van der Waals surface area contributed by atoms with Crippen molar-refractivity contribution in [2.45, 2.75) is 45.7 Å². The summed E-state index contributed by atoms with van der Waals surface area (Å²) in [7, 11) is 0. The molecule has 0 spiro atoms. The standard InChI is InChI=1S/C20H30N6O/c1-3-23(4-2)13-16-11-21-19-18(12-22-26(19)14-16)20(27)25-10-9-24-8-6-5-7-17(24)15-25/h11-12,14,17H,3-10,13,15H2,1-2H3/t17-/m0/s1. The van der Waals surface area contributed by atoms with Crippen LogP contribution in [0.5, 0.6) is 0 Å². The Balaban J connectivity index is 1.50. The van der Waals surface area contributed by atoms with Crippen molar-refractivity contribution in [2.24, 2.45) is 0 Å². The summed E-state index contributed by atoms with van der Waals surface area (Å²) in [6.07, 6.45) is 9.32. The minimum absolute atomic E-state index is 0.0687. The van der Waals surface area contributed by atoms with Crippen LogP contribution in [-0.2, 0) is 6.54 Å². The van der Waals surface area contributed by atoms with Crippen molar-refractivity contribution in [1.29, 1.82) is 0 Å². The van der Waals surface area contributed by atoms with Crippen LogP contribution in [0.25, 0.3) is 5.65 Å². The SMILES string of the molecule is CCN(CC)Cc1cnc2c(C(=O)N3CCN4CCCC[C@H]4C3)cnn2c1. The zero-order valence-electron chi connectivity index (χ0n) is 16.5. The lowest BCUT2D eigenvalue weighted by Gasteiger charge is -2.43. The molecular weight excluding hydrogens is 340 g/mol. The monoisotopic (exact) mass is 370 g/mol. The molecule has 27 heavy (non-hydrogen) atoms. The van der Waals surface area contributed by atoms with E-state index in [1.54, 1.807) is 10.7 Å². The van der Waals surface area contributed by atoms with Gasteiger partial charge in [-0.15, -0.1) is 0 Å². The lowest BCUT2D eigenvalue weighted by atomic mass is 9.99. The van der Waals surface area contributed by atoms with Crippen LogP contribution in [0.3, 0.4) is 0 Å². The van der Waals surface area contributed by atoms with Crippen LogP contribution in [0.1, 0.15) is 49.0 Å². The van der Waals surface area contributed by atoms with E-state index in [0.717, 1.165) is 44.8 Å². The molecule has 1 atom stereocenters. The Bertz CT molecular complexity index is 799. The van der Waals surface area contributed by atoms with Crippen molar-refractivity contribution < 1.29 is 4.79 Å². The van der Waals surface area contributed by atoms with E-state index in [4.69, 9.17) is 0 Å². The van der Waals surface area contributed by atoms with E-state index < -0.39 is 0 Å². The second kappa shape index (κ2) is 7.94. The topological polar surface area (TPSA) is 57.0 Å². The summed E-state index contributed by atoms with van der Waals surface area (Å²) in [6.45, 7) is 11.0. The first-order valence-electron chi connectivity index (χ1n) is 10.3. The number of hydrogen-bond donors (Lipinski definition) is 0. The Morgan fingerprint density at radius 3 is 2.85 bits per heavy atom. The van der Waals surface area contributed by atoms with E-state index in [-0.39, 0.29) is 5.91 Å². The molecule has 0 aliphatic carbocycles. The molecule has 7 nitrogen and oxygen atoms in total. The quantitative estimate of drug-likeness (QED) is 0.804. The predicted octanol–water partition coefficient (Wildman–Crippen LogP) is 1.88. The van der Waals surface area contributed by atoms with E-state index in [0.29, 0.717) is 17.3 Å². The van der Waals surface area contributed by atoms with Gasteiger partial charge in [0.1, 0.15) is 5.56 Å². The molecule has 1 amide bonds. The minimum Gasteiger partial charge on any atom is -0.336 e. The molecule has 0 saturated carbocycles. The number of rotatable bonds is 5. The number of fused-ring (bicyclic) bond motifs is 2. The molecule has 2 saturated heterocycles. The molecular formula is C20H30N6O. The Morgan fingerprint density at radius 2 is 2.04 bits per heavy atom. The highest BCUT2D eigenvalue weighted by Crippen LogP contribution is 2.23. The highest BCUT2D eigenvalue weighted by molar-refractivity contribution is 5.99. The molecule has 146 valence electrons. The summed E-state index contributed by atoms with van der Waals surface area (Å²) < 4.78 is 1.75. The summed E-state index contributed by atoms with van der Waals surface area (Å²) in [5.41, 5.74) is 2.40. The molecule has 2 fully saturated rings. The second-order valence-electron chi connectivity index (χ2n) is 7.69. The molecule has 7 heteroatoms. The molecule has 0 aromatic carbocycles. The smallest absolute Gasteiger partial charge is 0.259 e. The van der Waals surface area contributed by atoms with Crippen LogP contribution in [-0.4, -0.2) is 80.5 Å². The zero-order chi connectivity index (χ0) is 18.8. The van der Waals surface area contributed by atoms with Crippen LogP contribution in [0.2, 0.25) is 0 Å². The normalized spacial score (nSPS) is 21.0. The third-order valence-electron chi connectivity index (χ3n) is 6.07. The molecule has 0 bridgehead atoms. The molecule has 2 aliphatic heterocycles. The van der Waals surface area contributed by atoms with Gasteiger partial charge in [-0.1, -0.05) is 20.3 Å². The zero-order valence-corrected chi connectivity index (χ0v) is 16.5. The summed E-state index contributed by atoms with van der Waals surface area (Å²) in [6, 6.07) is 0.520. The number of aromatic nitrogens is 3. The summed E-state index contributed by atoms with van der Waals surface area (Å²) >= 11 is 0. The Morgan fingerprint density at radius 1 is 1.19 bits per heavy atom. The van der Waals surface area contributed by atoms with Gasteiger partial charge in [-0.05, 0) is 32.5 Å². The third-order valence-corrected chi connectivity index (χ3v) is 6.07. The fourth-order valence-corrected chi connectivity index (χ4v) is 4.36. The van der Waals surface area contributed by atoms with E-state index in [9.17, 15) is 4.79 Å². The van der Waals surface area contributed by atoms with Gasteiger partial charge in [0.25, 0.3) is 5.91 Å². The van der Waals surface area contributed by atoms with Crippen molar-refractivity contribution in [1.82, 2.24) is 29.3 Å². The summed E-state index contributed by atoms with van der Waals surface area (Å²) in [5, 5.41) is 4.41. The van der Waals surface area contributed by atoms with Crippen LogP contribution in [0.4, 0.5) is 0 Å². The molecule has 2 aliphatic rings. The maximum Gasteiger partial charge on any atom is 0.259 e. The summed E-state index contributed by atoms with van der Waals surface area (Å²) in [4.78, 5) is 24.6. The number of hydrogen-bond acceptors (Lipinski definition) is 5. The van der Waals surface area contributed by atoms with Gasteiger partial charge in [0.15, 0.2) is 5.65 Å². The van der Waals surface area contributed by atoms with Crippen molar-refractivity contribution in [3.63, 3.8) is 0 Å². The summed E-state index contributed by atoms with van der Waals surface area (Å²) in [5.74, 6) is 0.0687. The van der Waals surface area contributed by atoms with Gasteiger partial charge in [0, 0.05) is 50.2 Å². The lowest BCUT2D eigenvalue weighted by molar-refractivity contribution is 0.0374. The van der Waals surface area contributed by atoms with Gasteiger partial charge in [-0.3, -0.25) is 14.6 Å². The predicted molar refractivity (Wildman–Crippen MR) is 105 cm³/mol. The van der Waals surface area contributed by atoms with Crippen LogP contribution in [0.15, 0.2) is 18.6 Å². The third kappa shape index (κ3) is 3.71. The highest BCUT2D eigenvalue weighted by atomic mass is 16.2. The molecule has 4 heterocycles. The minimum atomic E-state index is 0.0687. The van der Waals surface area contributed by atoms with Crippen molar-refractivity contribution in [3.8, 4) is 0 Å². The van der Waals surface area contributed by atoms with Crippen LogP contribution in [0, 0.1) is 0 Å². The van der Waals surface area contributed by atoms with E-state index in [1.807, 2.05) is 17.3 Å². The molecule has 4 rings (SSSR count). The van der Waals surface area contributed by atoms with Gasteiger partial charge >= 0.3 is 0 Å². The highest BCUT2D eigenvalue weighted by Gasteiger charge is 2.32. The van der Waals surface area contributed by atoms with Gasteiger partial charge < -0.3 is 4.90 Å². The largest absolute Gasteiger partial charge is 0.336 e. The van der Waals surface area contributed by atoms with Gasteiger partial charge in [0.05, 0.1) is 6.20 Å². The molecule has 0 radical (unpaired) electrons. The van der Waals surface area contributed by atoms with Gasteiger partial charge in [-0.25, -0.2) is 9.50 Å². The maximum atomic E-state index is 13.1. The Hall–Kier alpha value is -1.99. The van der Waals surface area contributed by atoms with E-state index in [1.165, 1.54) is 25.8 Å². The van der Waals surface area contributed by atoms with Crippen molar-refractivity contribution in [2.75, 3.05) is 39.3 Å². The Kier molecular flexibility index (Phi) is 5.41. The first-order chi connectivity index (χ1) is 13.2. The number of piperazine rings is 1. The maximum absolute atomic E-state index is 13.1. The number of amides is 1. The van der Waals surface area contributed by atoms with Crippen LogP contribution >= 0.6 is 0 Å². The second-order valence-corrected chi connectivity index (χ2v) is 7.69. The van der Waals surface area contributed by atoms with Crippen molar-refractivity contribution in [3.05, 3.63) is 29.7 Å². The lowest BCUT2D eigenvalue weighted by Crippen LogP contribution is -2.56. The average Bonchev–Trinajstić information content (AvgIpc) is 3.14. The fourth-order valence-electron chi connectivity index (χ4n) is 4.36. The first kappa shape index (κ1) is 18.4. The fraction of sp³-hybridized carbons (Fsp3) is 0.650. The number of nitrogens with zero attached hydrogens (tertiary/aromatic N) is 6.